The fraction of sp³-hybridized carbons (Fsp3) is 0.452. The molecule has 1 fully saturated rings. The highest BCUT2D eigenvalue weighted by Crippen LogP contribution is 2.46. The molecule has 3 rings (SSSR count). The van der Waals surface area contributed by atoms with E-state index in [0.29, 0.717) is 11.1 Å². The largest absolute Gasteiger partial charge is 0.508 e. The molecule has 2 aromatic rings. The van der Waals surface area contributed by atoms with E-state index < -0.39 is 74.2 Å². The van der Waals surface area contributed by atoms with Gasteiger partial charge in [0, 0.05) is 23.3 Å². The molecule has 2 aromatic carbocycles. The lowest BCUT2D eigenvalue weighted by Crippen LogP contribution is -2.63. The molecule has 0 saturated carbocycles. The van der Waals surface area contributed by atoms with Crippen molar-refractivity contribution in [1.29, 1.82) is 0 Å². The van der Waals surface area contributed by atoms with Crippen LogP contribution in [0, 0.1) is 10.1 Å². The lowest BCUT2D eigenvalue weighted by Gasteiger charge is -2.38. The van der Waals surface area contributed by atoms with Crippen LogP contribution in [0.5, 0.6) is 5.75 Å². The first kappa shape index (κ1) is 38.1. The predicted molar refractivity (Wildman–Crippen MR) is 181 cm³/mol. The van der Waals surface area contributed by atoms with Crippen LogP contribution in [-0.2, 0) is 36.8 Å². The van der Waals surface area contributed by atoms with Crippen molar-refractivity contribution in [1.82, 2.24) is 21.3 Å². The topological polar surface area (TPSA) is 243 Å². The van der Waals surface area contributed by atoms with Crippen LogP contribution in [0.15, 0.2) is 48.5 Å². The third-order valence-corrected chi connectivity index (χ3v) is 11.9. The summed E-state index contributed by atoms with van der Waals surface area (Å²) in [6.07, 6.45) is -0.0414. The number of nitrogens with two attached hydrogens (primary N) is 1. The number of benzene rings is 2. The molecule has 1 aliphatic rings. The van der Waals surface area contributed by atoms with Crippen molar-refractivity contribution in [3.05, 3.63) is 69.8 Å². The molecule has 15 nitrogen and oxygen atoms in total. The van der Waals surface area contributed by atoms with E-state index in [1.807, 2.05) is 0 Å². The maximum absolute atomic E-state index is 13.7. The zero-order valence-electron chi connectivity index (χ0n) is 27.0. The van der Waals surface area contributed by atoms with Gasteiger partial charge in [0.25, 0.3) is 5.69 Å². The second kappa shape index (κ2) is 15.7. The second-order valence-corrected chi connectivity index (χ2v) is 15.9. The number of phenols is 1. The van der Waals surface area contributed by atoms with E-state index in [1.165, 1.54) is 43.3 Å². The number of non-ortho nitro benzene ring substituents is 1. The van der Waals surface area contributed by atoms with Gasteiger partial charge in [0.05, 0.1) is 15.7 Å². The summed E-state index contributed by atoms with van der Waals surface area (Å²) in [7, 11) is 2.21. The number of nitro groups is 1. The number of aromatic hydroxyl groups is 1. The Kier molecular flexibility index (Phi) is 12.5. The SMILES string of the molecule is CC1NC(=O)C(NC(=O)C(N)Cc2ccc(O)cc2)C(C)(C)SSC(C)(C)C(C(=O)O)NC(=O)C(Cc2ccc([N+](=O)[O-])cc2)NC1=O. The van der Waals surface area contributed by atoms with Crippen molar-refractivity contribution in [3.63, 3.8) is 0 Å². The summed E-state index contributed by atoms with van der Waals surface area (Å²) in [5.74, 6) is -4.26. The van der Waals surface area contributed by atoms with Gasteiger partial charge in [-0.25, -0.2) is 4.79 Å². The molecule has 5 atom stereocenters. The maximum atomic E-state index is 13.7. The van der Waals surface area contributed by atoms with E-state index >= 15 is 0 Å². The summed E-state index contributed by atoms with van der Waals surface area (Å²) >= 11 is 0. The number of carboxylic acids is 1. The first-order valence-corrected chi connectivity index (χ1v) is 17.0. The van der Waals surface area contributed by atoms with Crippen LogP contribution in [0.4, 0.5) is 5.69 Å². The monoisotopic (exact) mass is 704 g/mol. The van der Waals surface area contributed by atoms with Gasteiger partial charge in [0.15, 0.2) is 0 Å². The van der Waals surface area contributed by atoms with E-state index in [-0.39, 0.29) is 24.3 Å². The summed E-state index contributed by atoms with van der Waals surface area (Å²) in [5, 5.41) is 41.2. The number of aliphatic carboxylic acids is 1. The van der Waals surface area contributed by atoms with Crippen molar-refractivity contribution >= 4 is 56.9 Å². The maximum Gasteiger partial charge on any atom is 0.327 e. The molecule has 17 heteroatoms. The Morgan fingerprint density at radius 1 is 0.917 bits per heavy atom. The number of nitrogens with zero attached hydrogens (tertiary/aromatic N) is 1. The fourth-order valence-corrected chi connectivity index (χ4v) is 7.54. The average molecular weight is 705 g/mol. The van der Waals surface area contributed by atoms with Gasteiger partial charge in [-0.15, -0.1) is 0 Å². The highest BCUT2D eigenvalue weighted by Gasteiger charge is 2.45. The number of carbonyl (C=O) groups excluding carboxylic acids is 4. The molecule has 0 aliphatic carbocycles. The first-order valence-electron chi connectivity index (χ1n) is 14.9. The van der Waals surface area contributed by atoms with Gasteiger partial charge < -0.3 is 37.2 Å². The van der Waals surface area contributed by atoms with Gasteiger partial charge in [0.2, 0.25) is 23.6 Å². The van der Waals surface area contributed by atoms with Crippen LogP contribution < -0.4 is 27.0 Å². The Bertz CT molecular complexity index is 1540. The Morgan fingerprint density at radius 3 is 2.04 bits per heavy atom. The van der Waals surface area contributed by atoms with Crippen LogP contribution in [0.2, 0.25) is 0 Å². The van der Waals surface area contributed by atoms with E-state index in [9.17, 15) is 44.3 Å². The molecule has 0 bridgehead atoms. The van der Waals surface area contributed by atoms with Crippen molar-refractivity contribution < 1.29 is 39.1 Å². The normalized spacial score (nSPS) is 23.8. The molecular weight excluding hydrogens is 665 g/mol. The number of amides is 4. The fourth-order valence-electron chi connectivity index (χ4n) is 4.73. The van der Waals surface area contributed by atoms with Gasteiger partial charge >= 0.3 is 5.97 Å². The minimum absolute atomic E-state index is 0.0490. The number of hydrogen-bond donors (Lipinski definition) is 7. The summed E-state index contributed by atoms with van der Waals surface area (Å²) < 4.78 is -2.30. The molecular formula is C31H40N6O9S2. The Morgan fingerprint density at radius 2 is 1.48 bits per heavy atom. The number of hydrogen-bond acceptors (Lipinski definition) is 11. The van der Waals surface area contributed by atoms with E-state index in [1.54, 1.807) is 39.8 Å². The Labute approximate surface area is 285 Å². The van der Waals surface area contributed by atoms with Crippen LogP contribution in [0.25, 0.3) is 0 Å². The number of rotatable bonds is 8. The lowest BCUT2D eigenvalue weighted by atomic mass is 9.99. The van der Waals surface area contributed by atoms with Crippen molar-refractivity contribution in [3.8, 4) is 5.75 Å². The van der Waals surface area contributed by atoms with Crippen molar-refractivity contribution in [2.24, 2.45) is 5.73 Å². The van der Waals surface area contributed by atoms with Gasteiger partial charge in [0.1, 0.15) is 29.9 Å². The molecule has 4 amide bonds. The first-order chi connectivity index (χ1) is 22.3. The van der Waals surface area contributed by atoms with E-state index in [2.05, 4.69) is 21.3 Å². The number of carbonyl (C=O) groups is 5. The Hall–Kier alpha value is -4.35. The summed E-state index contributed by atoms with van der Waals surface area (Å²) in [6, 6.07) is 5.14. The molecule has 0 radical (unpaired) electrons. The zero-order valence-corrected chi connectivity index (χ0v) is 28.6. The van der Waals surface area contributed by atoms with Crippen LogP contribution in [0.1, 0.15) is 45.7 Å². The molecule has 8 N–H and O–H groups in total. The highest BCUT2D eigenvalue weighted by atomic mass is 33.1. The zero-order chi connectivity index (χ0) is 36.0. The standard InChI is InChI=1S/C31H40N6O9S2/c1-16-25(39)34-22(15-18-6-10-19(11-7-18)37(45)46)27(41)36-24(29(43)44)31(4,5)48-47-30(2,3)23(28(42)33-16)35-26(40)21(32)14-17-8-12-20(38)13-9-17/h6-13,16,21-24,38H,14-15,32H2,1-5H3,(H,33,42)(H,34,39)(H,35,40)(H,36,41)(H,43,44). The third kappa shape index (κ3) is 10.1. The predicted octanol–water partition coefficient (Wildman–Crippen LogP) is 1.41. The van der Waals surface area contributed by atoms with E-state index in [4.69, 9.17) is 5.73 Å². The van der Waals surface area contributed by atoms with E-state index in [0.717, 1.165) is 21.6 Å². The number of carboxylic acid groups (broad SMARTS) is 1. The minimum atomic E-state index is -1.46. The molecule has 48 heavy (non-hydrogen) atoms. The number of nitro benzene ring substituents is 1. The molecule has 1 heterocycles. The number of phenolic OH excluding ortho intramolecular Hbond substituents is 1. The lowest BCUT2D eigenvalue weighted by molar-refractivity contribution is -0.384. The Balaban J connectivity index is 1.93. The summed E-state index contributed by atoms with van der Waals surface area (Å²) in [6.45, 7) is 7.91. The molecule has 0 spiro atoms. The smallest absolute Gasteiger partial charge is 0.327 e. The van der Waals surface area contributed by atoms with Gasteiger partial charge in [-0.3, -0.25) is 29.3 Å². The van der Waals surface area contributed by atoms with Crippen LogP contribution in [0.3, 0.4) is 0 Å². The minimum Gasteiger partial charge on any atom is -0.508 e. The van der Waals surface area contributed by atoms with Crippen LogP contribution >= 0.6 is 21.6 Å². The number of nitrogens with one attached hydrogen (secondary N) is 4. The molecule has 0 aromatic heterocycles. The van der Waals surface area contributed by atoms with Crippen molar-refractivity contribution in [2.75, 3.05) is 0 Å². The van der Waals surface area contributed by atoms with Gasteiger partial charge in [-0.1, -0.05) is 45.9 Å². The quantitative estimate of drug-likeness (QED) is 0.117. The molecule has 5 unspecified atom stereocenters. The highest BCUT2D eigenvalue weighted by molar-refractivity contribution is 8.77. The average Bonchev–Trinajstić information content (AvgIpc) is 3.01. The third-order valence-electron chi connectivity index (χ3n) is 7.64. The second-order valence-electron chi connectivity index (χ2n) is 12.5. The van der Waals surface area contributed by atoms with Gasteiger partial charge in [-0.05, 0) is 64.3 Å². The van der Waals surface area contributed by atoms with Crippen molar-refractivity contribution in [2.45, 2.75) is 87.2 Å². The van der Waals surface area contributed by atoms with Crippen LogP contribution in [-0.4, -0.2) is 84.4 Å². The summed E-state index contributed by atoms with van der Waals surface area (Å²) in [5.41, 5.74) is 7.13. The van der Waals surface area contributed by atoms with Gasteiger partial charge in [-0.2, -0.15) is 0 Å². The molecule has 1 aliphatic heterocycles. The molecule has 1 saturated heterocycles. The molecule has 260 valence electrons. The summed E-state index contributed by atoms with van der Waals surface area (Å²) in [4.78, 5) is 76.9.